The van der Waals surface area contributed by atoms with Gasteiger partial charge in [0.15, 0.2) is 0 Å². The van der Waals surface area contributed by atoms with Gasteiger partial charge in [-0.3, -0.25) is 9.59 Å². The molecule has 0 radical (unpaired) electrons. The first-order valence-electron chi connectivity index (χ1n) is 6.79. The van der Waals surface area contributed by atoms with E-state index in [1.54, 1.807) is 26.1 Å². The minimum atomic E-state index is -0.837. The topological polar surface area (TPSA) is 84.2 Å². The first kappa shape index (κ1) is 19.4. The Morgan fingerprint density at radius 3 is 2.29 bits per heavy atom. The van der Waals surface area contributed by atoms with Gasteiger partial charge in [-0.2, -0.15) is 0 Å². The van der Waals surface area contributed by atoms with Gasteiger partial charge >= 0.3 is 0 Å². The van der Waals surface area contributed by atoms with E-state index in [9.17, 15) is 9.59 Å². The molecule has 0 aliphatic rings. The van der Waals surface area contributed by atoms with Crippen molar-refractivity contribution in [3.8, 4) is 0 Å². The molecule has 21 heavy (non-hydrogen) atoms. The van der Waals surface area contributed by atoms with Gasteiger partial charge in [0, 0.05) is 19.2 Å². The van der Waals surface area contributed by atoms with E-state index in [-0.39, 0.29) is 24.2 Å². The fourth-order valence-electron chi connectivity index (χ4n) is 1.94. The van der Waals surface area contributed by atoms with Crippen LogP contribution in [-0.2, 0) is 11.3 Å². The minimum absolute atomic E-state index is 0. The molecule has 118 valence electrons. The Labute approximate surface area is 132 Å². The molecule has 0 spiro atoms. The number of hydrogen-bond donors (Lipinski definition) is 3. The molecular formula is C15H24ClN3O2. The third kappa shape index (κ3) is 5.73. The Balaban J connectivity index is 0.00000400. The molecule has 1 atom stereocenters. The van der Waals surface area contributed by atoms with Crippen LogP contribution in [-0.4, -0.2) is 24.4 Å². The highest BCUT2D eigenvalue weighted by Gasteiger charge is 2.26. The van der Waals surface area contributed by atoms with E-state index in [2.05, 4.69) is 10.6 Å². The van der Waals surface area contributed by atoms with Crippen LogP contribution in [0.4, 0.5) is 0 Å². The summed E-state index contributed by atoms with van der Waals surface area (Å²) >= 11 is 0. The van der Waals surface area contributed by atoms with Gasteiger partial charge in [0.1, 0.15) is 0 Å². The molecule has 0 aromatic heterocycles. The van der Waals surface area contributed by atoms with Crippen molar-refractivity contribution in [2.45, 2.75) is 38.8 Å². The van der Waals surface area contributed by atoms with Crippen LogP contribution >= 0.6 is 12.4 Å². The number of amides is 2. The smallest absolute Gasteiger partial charge is 0.251 e. The number of carbonyl (C=O) groups is 2. The molecule has 4 N–H and O–H groups in total. The summed E-state index contributed by atoms with van der Waals surface area (Å²) in [5.74, 6) is -0.284. The van der Waals surface area contributed by atoms with E-state index in [1.807, 2.05) is 19.1 Å². The Bertz CT molecular complexity index is 472. The zero-order chi connectivity index (χ0) is 15.2. The summed E-state index contributed by atoms with van der Waals surface area (Å²) < 4.78 is 0. The average molecular weight is 314 g/mol. The maximum absolute atomic E-state index is 11.9. The Hall–Kier alpha value is -1.59. The molecule has 6 heteroatoms. The molecule has 0 fully saturated rings. The van der Waals surface area contributed by atoms with Gasteiger partial charge in [0.05, 0.1) is 5.54 Å². The molecule has 0 saturated heterocycles. The monoisotopic (exact) mass is 313 g/mol. The summed E-state index contributed by atoms with van der Waals surface area (Å²) in [4.78, 5) is 23.3. The summed E-state index contributed by atoms with van der Waals surface area (Å²) in [5.41, 5.74) is 6.64. The summed E-state index contributed by atoms with van der Waals surface area (Å²) in [5, 5.41) is 5.38. The first-order chi connectivity index (χ1) is 9.40. The van der Waals surface area contributed by atoms with Gasteiger partial charge in [-0.05, 0) is 31.0 Å². The van der Waals surface area contributed by atoms with Crippen LogP contribution in [0.25, 0.3) is 0 Å². The van der Waals surface area contributed by atoms with Crippen LogP contribution in [0, 0.1) is 0 Å². The fraction of sp³-hybridized carbons (Fsp3) is 0.467. The molecule has 0 aliphatic carbocycles. The number of rotatable bonds is 6. The lowest BCUT2D eigenvalue weighted by molar-refractivity contribution is -0.126. The van der Waals surface area contributed by atoms with Crippen molar-refractivity contribution in [3.05, 3.63) is 35.4 Å². The molecule has 0 aliphatic heterocycles. The number of carbonyl (C=O) groups excluding carboxylic acids is 2. The van der Waals surface area contributed by atoms with Gasteiger partial charge in [-0.1, -0.05) is 25.5 Å². The van der Waals surface area contributed by atoms with E-state index in [0.29, 0.717) is 18.5 Å². The van der Waals surface area contributed by atoms with Crippen molar-refractivity contribution < 1.29 is 9.59 Å². The molecule has 1 unspecified atom stereocenters. The molecule has 1 aromatic carbocycles. The zero-order valence-electron chi connectivity index (χ0n) is 12.7. The first-order valence-corrected chi connectivity index (χ1v) is 6.79. The highest BCUT2D eigenvalue weighted by molar-refractivity contribution is 5.94. The number of benzene rings is 1. The van der Waals surface area contributed by atoms with Gasteiger partial charge in [-0.15, -0.1) is 12.4 Å². The minimum Gasteiger partial charge on any atom is -0.355 e. The van der Waals surface area contributed by atoms with Gasteiger partial charge in [0.25, 0.3) is 5.91 Å². The lowest BCUT2D eigenvalue weighted by Crippen LogP contribution is -2.51. The average Bonchev–Trinajstić information content (AvgIpc) is 2.44. The number of halogens is 1. The van der Waals surface area contributed by atoms with Gasteiger partial charge in [0.2, 0.25) is 5.91 Å². The third-order valence-electron chi connectivity index (χ3n) is 3.18. The predicted molar refractivity (Wildman–Crippen MR) is 86.4 cm³/mol. The molecule has 0 saturated carbocycles. The lowest BCUT2D eigenvalue weighted by Gasteiger charge is -2.22. The molecule has 0 heterocycles. The highest BCUT2D eigenvalue weighted by atomic mass is 35.5. The largest absolute Gasteiger partial charge is 0.355 e. The van der Waals surface area contributed by atoms with Crippen molar-refractivity contribution in [2.75, 3.05) is 7.05 Å². The Morgan fingerprint density at radius 1 is 1.24 bits per heavy atom. The second kappa shape index (κ2) is 8.64. The molecule has 1 aromatic rings. The Kier molecular flexibility index (Phi) is 7.99. The SMILES string of the molecule is CCCC(C)(N)C(=O)NCc1ccc(C(=O)NC)cc1.Cl. The van der Waals surface area contributed by atoms with E-state index in [4.69, 9.17) is 5.73 Å². The summed E-state index contributed by atoms with van der Waals surface area (Å²) in [6.07, 6.45) is 1.51. The fourth-order valence-corrected chi connectivity index (χ4v) is 1.94. The number of hydrogen-bond acceptors (Lipinski definition) is 3. The molecule has 1 rings (SSSR count). The second-order valence-electron chi connectivity index (χ2n) is 5.13. The Morgan fingerprint density at radius 2 is 1.81 bits per heavy atom. The van der Waals surface area contributed by atoms with E-state index < -0.39 is 5.54 Å². The van der Waals surface area contributed by atoms with Gasteiger partial charge < -0.3 is 16.4 Å². The van der Waals surface area contributed by atoms with Crippen LogP contribution in [0.1, 0.15) is 42.6 Å². The zero-order valence-corrected chi connectivity index (χ0v) is 13.5. The maximum Gasteiger partial charge on any atom is 0.251 e. The number of nitrogens with one attached hydrogen (secondary N) is 2. The molecule has 2 amide bonds. The van der Waals surface area contributed by atoms with Crippen LogP contribution < -0.4 is 16.4 Å². The predicted octanol–water partition coefficient (Wildman–Crippen LogP) is 1.60. The van der Waals surface area contributed by atoms with E-state index in [0.717, 1.165) is 12.0 Å². The van der Waals surface area contributed by atoms with Crippen LogP contribution in [0.3, 0.4) is 0 Å². The normalized spacial score (nSPS) is 12.8. The summed E-state index contributed by atoms with van der Waals surface area (Å²) in [7, 11) is 1.59. The lowest BCUT2D eigenvalue weighted by atomic mass is 9.96. The maximum atomic E-state index is 11.9. The van der Waals surface area contributed by atoms with Crippen molar-refractivity contribution in [3.63, 3.8) is 0 Å². The van der Waals surface area contributed by atoms with E-state index in [1.165, 1.54) is 0 Å². The summed E-state index contributed by atoms with van der Waals surface area (Å²) in [6, 6.07) is 7.10. The molecule has 0 bridgehead atoms. The molecule has 5 nitrogen and oxygen atoms in total. The van der Waals surface area contributed by atoms with Crippen LogP contribution in [0.2, 0.25) is 0 Å². The van der Waals surface area contributed by atoms with E-state index >= 15 is 0 Å². The van der Waals surface area contributed by atoms with Crippen molar-refractivity contribution in [1.29, 1.82) is 0 Å². The highest BCUT2D eigenvalue weighted by Crippen LogP contribution is 2.09. The summed E-state index contributed by atoms with van der Waals surface area (Å²) in [6.45, 7) is 4.14. The van der Waals surface area contributed by atoms with Crippen molar-refractivity contribution in [2.24, 2.45) is 5.73 Å². The quantitative estimate of drug-likeness (QED) is 0.746. The molecular weight excluding hydrogens is 290 g/mol. The van der Waals surface area contributed by atoms with Gasteiger partial charge in [-0.25, -0.2) is 0 Å². The second-order valence-corrected chi connectivity index (χ2v) is 5.13. The standard InChI is InChI=1S/C15H23N3O2.ClH/c1-4-9-15(2,16)14(20)18-10-11-5-7-12(8-6-11)13(19)17-3;/h5-8H,4,9-10,16H2,1-3H3,(H,17,19)(H,18,20);1H. The van der Waals surface area contributed by atoms with Crippen LogP contribution in [0.15, 0.2) is 24.3 Å². The van der Waals surface area contributed by atoms with Crippen LogP contribution in [0.5, 0.6) is 0 Å². The third-order valence-corrected chi connectivity index (χ3v) is 3.18. The van der Waals surface area contributed by atoms with Crippen molar-refractivity contribution >= 4 is 24.2 Å². The number of nitrogens with two attached hydrogens (primary N) is 1. The van der Waals surface area contributed by atoms with Crippen molar-refractivity contribution in [1.82, 2.24) is 10.6 Å².